The van der Waals surface area contributed by atoms with Crippen LogP contribution in [0.4, 0.5) is 0 Å². The Balaban J connectivity index is 1.94. The maximum atomic E-state index is 12.1. The van der Waals surface area contributed by atoms with Crippen molar-refractivity contribution in [3.8, 4) is 11.5 Å². The molecule has 0 aliphatic heterocycles. The molecule has 0 aliphatic rings. The number of benzene rings is 2. The fourth-order valence-electron chi connectivity index (χ4n) is 2.03. The summed E-state index contributed by atoms with van der Waals surface area (Å²) < 4.78 is 10.7. The van der Waals surface area contributed by atoms with Crippen LogP contribution in [0.25, 0.3) is 6.08 Å². The molecule has 0 bridgehead atoms. The minimum atomic E-state index is -0.0316. The van der Waals surface area contributed by atoms with Crippen molar-refractivity contribution in [3.05, 3.63) is 65.7 Å². The van der Waals surface area contributed by atoms with Crippen molar-refractivity contribution < 1.29 is 14.3 Å². The van der Waals surface area contributed by atoms with Crippen molar-refractivity contribution in [2.75, 3.05) is 13.7 Å². The molecule has 0 aliphatic carbocycles. The minimum absolute atomic E-state index is 0.0316. The molecule has 120 valence electrons. The molecule has 2 rings (SSSR count). The van der Waals surface area contributed by atoms with E-state index in [2.05, 4.69) is 6.92 Å². The topological polar surface area (TPSA) is 35.5 Å². The zero-order valence-electron chi connectivity index (χ0n) is 13.6. The Morgan fingerprint density at radius 3 is 2.26 bits per heavy atom. The molecule has 0 heterocycles. The van der Waals surface area contributed by atoms with Gasteiger partial charge in [0.2, 0.25) is 0 Å². The third kappa shape index (κ3) is 5.29. The summed E-state index contributed by atoms with van der Waals surface area (Å²) in [4.78, 5) is 12.1. The highest BCUT2D eigenvalue weighted by molar-refractivity contribution is 6.06. The lowest BCUT2D eigenvalue weighted by molar-refractivity contribution is 0.104. The summed E-state index contributed by atoms with van der Waals surface area (Å²) in [5.74, 6) is 1.57. The molecule has 2 aromatic rings. The second-order valence-corrected chi connectivity index (χ2v) is 5.20. The van der Waals surface area contributed by atoms with E-state index in [1.165, 1.54) is 0 Å². The van der Waals surface area contributed by atoms with E-state index in [0.29, 0.717) is 5.56 Å². The molecular weight excluding hydrogens is 288 g/mol. The molecule has 23 heavy (non-hydrogen) atoms. The number of rotatable bonds is 8. The molecule has 0 atom stereocenters. The van der Waals surface area contributed by atoms with Crippen LogP contribution >= 0.6 is 0 Å². The number of ether oxygens (including phenoxy) is 2. The average molecular weight is 310 g/mol. The number of unbranched alkanes of at least 4 members (excludes halogenated alkanes) is 1. The van der Waals surface area contributed by atoms with Crippen LogP contribution in [-0.4, -0.2) is 19.5 Å². The lowest BCUT2D eigenvalue weighted by atomic mass is 10.1. The van der Waals surface area contributed by atoms with E-state index in [1.54, 1.807) is 37.5 Å². The van der Waals surface area contributed by atoms with Gasteiger partial charge in [0.15, 0.2) is 5.78 Å². The van der Waals surface area contributed by atoms with Crippen LogP contribution in [0, 0.1) is 0 Å². The largest absolute Gasteiger partial charge is 0.497 e. The van der Waals surface area contributed by atoms with E-state index in [0.717, 1.165) is 36.5 Å². The summed E-state index contributed by atoms with van der Waals surface area (Å²) in [6, 6.07) is 14.8. The zero-order chi connectivity index (χ0) is 16.5. The Labute approximate surface area is 137 Å². The highest BCUT2D eigenvalue weighted by Crippen LogP contribution is 2.15. The van der Waals surface area contributed by atoms with Crippen molar-refractivity contribution in [1.82, 2.24) is 0 Å². The zero-order valence-corrected chi connectivity index (χ0v) is 13.6. The van der Waals surface area contributed by atoms with Gasteiger partial charge in [0, 0.05) is 5.56 Å². The molecular formula is C20H22O3. The molecule has 0 radical (unpaired) electrons. The first-order valence-electron chi connectivity index (χ1n) is 7.82. The van der Waals surface area contributed by atoms with E-state index in [1.807, 2.05) is 30.3 Å². The monoisotopic (exact) mass is 310 g/mol. The Hall–Kier alpha value is -2.55. The van der Waals surface area contributed by atoms with Gasteiger partial charge in [-0.25, -0.2) is 0 Å². The first-order chi connectivity index (χ1) is 11.2. The Morgan fingerprint density at radius 2 is 1.65 bits per heavy atom. The van der Waals surface area contributed by atoms with Crippen molar-refractivity contribution >= 4 is 11.9 Å². The first-order valence-corrected chi connectivity index (χ1v) is 7.82. The second-order valence-electron chi connectivity index (χ2n) is 5.20. The van der Waals surface area contributed by atoms with Crippen LogP contribution in [-0.2, 0) is 0 Å². The van der Waals surface area contributed by atoms with Crippen molar-refractivity contribution in [2.24, 2.45) is 0 Å². The Kier molecular flexibility index (Phi) is 6.42. The molecule has 0 fully saturated rings. The lowest BCUT2D eigenvalue weighted by Crippen LogP contribution is -1.96. The van der Waals surface area contributed by atoms with Crippen LogP contribution in [0.5, 0.6) is 11.5 Å². The van der Waals surface area contributed by atoms with Gasteiger partial charge in [0.1, 0.15) is 11.5 Å². The van der Waals surface area contributed by atoms with Gasteiger partial charge < -0.3 is 9.47 Å². The van der Waals surface area contributed by atoms with Crippen molar-refractivity contribution in [1.29, 1.82) is 0 Å². The molecule has 0 spiro atoms. The third-order valence-electron chi connectivity index (χ3n) is 3.45. The van der Waals surface area contributed by atoms with Gasteiger partial charge >= 0.3 is 0 Å². The Morgan fingerprint density at radius 1 is 1.00 bits per heavy atom. The Bertz CT molecular complexity index is 640. The molecule has 0 saturated carbocycles. The van der Waals surface area contributed by atoms with Crippen molar-refractivity contribution in [2.45, 2.75) is 19.8 Å². The second kappa shape index (κ2) is 8.79. The predicted octanol–water partition coefficient (Wildman–Crippen LogP) is 4.77. The quantitative estimate of drug-likeness (QED) is 0.400. The smallest absolute Gasteiger partial charge is 0.185 e. The van der Waals surface area contributed by atoms with Crippen molar-refractivity contribution in [3.63, 3.8) is 0 Å². The summed E-state index contributed by atoms with van der Waals surface area (Å²) in [6.07, 6.45) is 5.56. The molecule has 0 unspecified atom stereocenters. The number of carbonyl (C=O) groups excluding carboxylic acids is 1. The number of hydrogen-bond donors (Lipinski definition) is 0. The molecule has 3 heteroatoms. The predicted molar refractivity (Wildman–Crippen MR) is 93.2 cm³/mol. The van der Waals surface area contributed by atoms with Crippen LogP contribution in [0.1, 0.15) is 35.7 Å². The van der Waals surface area contributed by atoms with Crippen LogP contribution in [0.2, 0.25) is 0 Å². The lowest BCUT2D eigenvalue weighted by Gasteiger charge is -2.05. The first kappa shape index (κ1) is 16.8. The number of hydrogen-bond acceptors (Lipinski definition) is 3. The van der Waals surface area contributed by atoms with Crippen LogP contribution in [0.15, 0.2) is 54.6 Å². The molecule has 0 N–H and O–H groups in total. The number of ketones is 1. The standard InChI is InChI=1S/C20H22O3/c1-3-4-15-23-19-10-5-16(6-11-19)7-14-20(21)17-8-12-18(22-2)13-9-17/h5-14H,3-4,15H2,1-2H3/b14-7+. The highest BCUT2D eigenvalue weighted by Gasteiger charge is 2.02. The van der Waals surface area contributed by atoms with E-state index < -0.39 is 0 Å². The number of methoxy groups -OCH3 is 1. The summed E-state index contributed by atoms with van der Waals surface area (Å²) in [5.41, 5.74) is 1.61. The van der Waals surface area contributed by atoms with Gasteiger partial charge in [0.25, 0.3) is 0 Å². The SMILES string of the molecule is CCCCOc1ccc(/C=C/C(=O)c2ccc(OC)cc2)cc1. The molecule has 0 saturated heterocycles. The molecule has 0 amide bonds. The van der Waals surface area contributed by atoms with Gasteiger partial charge in [-0.05, 0) is 54.5 Å². The van der Waals surface area contributed by atoms with E-state index in [4.69, 9.17) is 9.47 Å². The van der Waals surface area contributed by atoms with Gasteiger partial charge in [-0.2, -0.15) is 0 Å². The van der Waals surface area contributed by atoms with Gasteiger partial charge in [-0.1, -0.05) is 31.6 Å². The fraction of sp³-hybridized carbons (Fsp3) is 0.250. The summed E-state index contributed by atoms with van der Waals surface area (Å²) in [7, 11) is 1.60. The maximum Gasteiger partial charge on any atom is 0.185 e. The molecule has 2 aromatic carbocycles. The summed E-state index contributed by atoms with van der Waals surface area (Å²) in [5, 5.41) is 0. The average Bonchev–Trinajstić information content (AvgIpc) is 2.61. The van der Waals surface area contributed by atoms with Crippen LogP contribution < -0.4 is 9.47 Å². The molecule has 0 aromatic heterocycles. The summed E-state index contributed by atoms with van der Waals surface area (Å²) >= 11 is 0. The fourth-order valence-corrected chi connectivity index (χ4v) is 2.03. The normalized spacial score (nSPS) is 10.7. The van der Waals surface area contributed by atoms with Gasteiger partial charge in [0.05, 0.1) is 13.7 Å². The van der Waals surface area contributed by atoms with E-state index >= 15 is 0 Å². The third-order valence-corrected chi connectivity index (χ3v) is 3.45. The summed E-state index contributed by atoms with van der Waals surface area (Å²) in [6.45, 7) is 2.87. The number of carbonyl (C=O) groups is 1. The van der Waals surface area contributed by atoms with E-state index in [9.17, 15) is 4.79 Å². The van der Waals surface area contributed by atoms with Gasteiger partial charge in [-0.15, -0.1) is 0 Å². The van der Waals surface area contributed by atoms with Gasteiger partial charge in [-0.3, -0.25) is 4.79 Å². The highest BCUT2D eigenvalue weighted by atomic mass is 16.5. The number of allylic oxidation sites excluding steroid dienone is 1. The van der Waals surface area contributed by atoms with Crippen LogP contribution in [0.3, 0.4) is 0 Å². The molecule has 3 nitrogen and oxygen atoms in total. The maximum absolute atomic E-state index is 12.1. The van der Waals surface area contributed by atoms with E-state index in [-0.39, 0.29) is 5.78 Å². The minimum Gasteiger partial charge on any atom is -0.497 e.